The molecule has 2 heterocycles. The average molecular weight is 580 g/mol. The Morgan fingerprint density at radius 1 is 1.00 bits per heavy atom. The van der Waals surface area contributed by atoms with Gasteiger partial charge in [-0.3, -0.25) is 4.90 Å². The summed E-state index contributed by atoms with van der Waals surface area (Å²) in [5.41, 5.74) is 1.25. The maximum Gasteiger partial charge on any atom is 0.410 e. The number of fused-ring (bicyclic) bond motifs is 1. The lowest BCUT2D eigenvalue weighted by Crippen LogP contribution is -2.46. The van der Waals surface area contributed by atoms with Crippen molar-refractivity contribution in [3.05, 3.63) is 84.2 Å². The van der Waals surface area contributed by atoms with Gasteiger partial charge >= 0.3 is 12.1 Å². The Bertz CT molecular complexity index is 1660. The second-order valence-electron chi connectivity index (χ2n) is 10.6. The summed E-state index contributed by atoms with van der Waals surface area (Å²) in [7, 11) is -1.09. The van der Waals surface area contributed by atoms with Crippen LogP contribution in [0.15, 0.2) is 78.0 Å². The molecule has 0 spiro atoms. The van der Waals surface area contributed by atoms with Gasteiger partial charge in [0.2, 0.25) is 0 Å². The first-order valence-electron chi connectivity index (χ1n) is 12.9. The van der Waals surface area contributed by atoms with E-state index < -0.39 is 33.7 Å². The minimum absolute atomic E-state index is 0.159. The van der Waals surface area contributed by atoms with Crippen LogP contribution in [0.25, 0.3) is 11.0 Å². The second kappa shape index (κ2) is 11.6. The molecular formula is C30H33N3O7S. The third-order valence-corrected chi connectivity index (χ3v) is 7.98. The number of carbonyl (C=O) groups is 2. The summed E-state index contributed by atoms with van der Waals surface area (Å²) in [4.78, 5) is 30.7. The zero-order valence-corrected chi connectivity index (χ0v) is 24.6. The molecule has 0 aliphatic carbocycles. The van der Waals surface area contributed by atoms with Gasteiger partial charge in [-0.1, -0.05) is 29.8 Å². The normalized spacial score (nSPS) is 12.5. The van der Waals surface area contributed by atoms with Gasteiger partial charge in [-0.2, -0.15) is 0 Å². The topological polar surface area (TPSA) is 117 Å². The van der Waals surface area contributed by atoms with E-state index in [0.717, 1.165) is 15.1 Å². The third kappa shape index (κ3) is 6.68. The Hall–Kier alpha value is -4.38. The van der Waals surface area contributed by atoms with E-state index in [1.165, 1.54) is 31.5 Å². The standard InChI is InChI=1S/C30H33N3O7S/c1-20-7-13-23(14-8-20)41(36,37)33-18-16-24-26(15-17-31-27(24)33)39-22-11-9-21(10-12-22)19-25(28(34)38-6)32(5)29(35)40-30(2,3)4/h7-18,25H,19H2,1-6H3/t25-/m0/s1. The fourth-order valence-electron chi connectivity index (χ4n) is 4.12. The predicted molar refractivity (Wildman–Crippen MR) is 154 cm³/mol. The molecule has 0 radical (unpaired) electrons. The molecule has 4 aromatic rings. The van der Waals surface area contributed by atoms with Gasteiger partial charge in [-0.05, 0) is 69.7 Å². The third-order valence-electron chi connectivity index (χ3n) is 6.29. The molecule has 2 aromatic carbocycles. The molecular weight excluding hydrogens is 546 g/mol. The van der Waals surface area contributed by atoms with Crippen molar-refractivity contribution < 1.29 is 32.2 Å². The number of esters is 1. The Morgan fingerprint density at radius 2 is 1.66 bits per heavy atom. The van der Waals surface area contributed by atoms with Gasteiger partial charge in [0.1, 0.15) is 23.1 Å². The van der Waals surface area contributed by atoms with Crippen LogP contribution >= 0.6 is 0 Å². The first-order chi connectivity index (χ1) is 19.3. The van der Waals surface area contributed by atoms with Crippen LogP contribution in [0.2, 0.25) is 0 Å². The van der Waals surface area contributed by atoms with E-state index in [2.05, 4.69) is 4.98 Å². The molecule has 4 rings (SSSR count). The molecule has 0 saturated carbocycles. The SMILES string of the molecule is COC(=O)[C@H](Cc1ccc(Oc2ccnc3c2ccn3S(=O)(=O)c2ccc(C)cc2)cc1)N(C)C(=O)OC(C)(C)C. The highest BCUT2D eigenvalue weighted by Crippen LogP contribution is 2.31. The largest absolute Gasteiger partial charge is 0.467 e. The molecule has 1 amide bonds. The Kier molecular flexibility index (Phi) is 8.39. The van der Waals surface area contributed by atoms with Crippen LogP contribution in [0, 0.1) is 6.92 Å². The van der Waals surface area contributed by atoms with Crippen LogP contribution < -0.4 is 4.74 Å². The second-order valence-corrected chi connectivity index (χ2v) is 12.4. The summed E-state index contributed by atoms with van der Waals surface area (Å²) in [5, 5.41) is 0.525. The molecule has 2 aromatic heterocycles. The number of hydrogen-bond acceptors (Lipinski definition) is 8. The number of nitrogens with zero attached hydrogens (tertiary/aromatic N) is 3. The quantitative estimate of drug-likeness (QED) is 0.257. The van der Waals surface area contributed by atoms with Crippen molar-refractivity contribution in [1.29, 1.82) is 0 Å². The zero-order chi connectivity index (χ0) is 29.9. The Balaban J connectivity index is 1.54. The number of methoxy groups -OCH3 is 1. The van der Waals surface area contributed by atoms with Crippen LogP contribution in [-0.2, 0) is 30.7 Å². The van der Waals surface area contributed by atoms with E-state index in [4.69, 9.17) is 14.2 Å². The number of hydrogen-bond donors (Lipinski definition) is 0. The molecule has 11 heteroatoms. The van der Waals surface area contributed by atoms with Gasteiger partial charge in [0.05, 0.1) is 17.4 Å². The van der Waals surface area contributed by atoms with E-state index in [-0.39, 0.29) is 17.0 Å². The van der Waals surface area contributed by atoms with Crippen molar-refractivity contribution in [1.82, 2.24) is 13.9 Å². The highest BCUT2D eigenvalue weighted by atomic mass is 32.2. The van der Waals surface area contributed by atoms with Crippen LogP contribution in [0.4, 0.5) is 4.79 Å². The number of pyridine rings is 1. The number of rotatable bonds is 8. The molecule has 0 aliphatic heterocycles. The number of ether oxygens (including phenoxy) is 3. The fraction of sp³-hybridized carbons (Fsp3) is 0.300. The van der Waals surface area contributed by atoms with E-state index in [1.54, 1.807) is 81.4 Å². The summed E-state index contributed by atoms with van der Waals surface area (Å²) >= 11 is 0. The van der Waals surface area contributed by atoms with E-state index in [0.29, 0.717) is 16.9 Å². The minimum atomic E-state index is -3.85. The van der Waals surface area contributed by atoms with Crippen LogP contribution in [-0.4, -0.2) is 60.1 Å². The lowest BCUT2D eigenvalue weighted by Gasteiger charge is -2.29. The van der Waals surface area contributed by atoms with Crippen molar-refractivity contribution >= 4 is 33.1 Å². The summed E-state index contributed by atoms with van der Waals surface area (Å²) in [6, 6.07) is 16.0. The molecule has 41 heavy (non-hydrogen) atoms. The van der Waals surface area contributed by atoms with Crippen LogP contribution in [0.5, 0.6) is 11.5 Å². The monoisotopic (exact) mass is 579 g/mol. The molecule has 0 unspecified atom stereocenters. The van der Waals surface area contributed by atoms with Gasteiger partial charge in [0.15, 0.2) is 5.65 Å². The van der Waals surface area contributed by atoms with Crippen molar-refractivity contribution in [2.45, 2.75) is 50.7 Å². The molecule has 10 nitrogen and oxygen atoms in total. The van der Waals surface area contributed by atoms with Crippen molar-refractivity contribution in [3.8, 4) is 11.5 Å². The van der Waals surface area contributed by atoms with Gasteiger partial charge in [0.25, 0.3) is 10.0 Å². The Morgan fingerprint density at radius 3 is 2.27 bits per heavy atom. The maximum absolute atomic E-state index is 13.3. The molecule has 0 saturated heterocycles. The van der Waals surface area contributed by atoms with Gasteiger partial charge in [-0.15, -0.1) is 0 Å². The lowest BCUT2D eigenvalue weighted by molar-refractivity contribution is -0.146. The first kappa shape index (κ1) is 29.6. The van der Waals surface area contributed by atoms with Crippen LogP contribution in [0.1, 0.15) is 31.9 Å². The summed E-state index contributed by atoms with van der Waals surface area (Å²) in [6.07, 6.45) is 2.50. The summed E-state index contributed by atoms with van der Waals surface area (Å²) in [5.74, 6) is 0.353. The van der Waals surface area contributed by atoms with E-state index in [9.17, 15) is 18.0 Å². The Labute approximate surface area is 239 Å². The average Bonchev–Trinajstić information content (AvgIpc) is 3.37. The van der Waals surface area contributed by atoms with Crippen molar-refractivity contribution in [2.24, 2.45) is 0 Å². The smallest absolute Gasteiger partial charge is 0.410 e. The molecule has 0 aliphatic rings. The van der Waals surface area contributed by atoms with E-state index >= 15 is 0 Å². The molecule has 216 valence electrons. The minimum Gasteiger partial charge on any atom is -0.467 e. The summed E-state index contributed by atoms with van der Waals surface area (Å²) < 4.78 is 44.1. The van der Waals surface area contributed by atoms with Gasteiger partial charge < -0.3 is 14.2 Å². The summed E-state index contributed by atoms with van der Waals surface area (Å²) in [6.45, 7) is 7.14. The van der Waals surface area contributed by atoms with E-state index in [1.807, 2.05) is 6.92 Å². The van der Waals surface area contributed by atoms with Gasteiger partial charge in [0, 0.05) is 25.9 Å². The number of aryl methyl sites for hydroxylation is 1. The number of likely N-dealkylation sites (N-methyl/N-ethyl adjacent to an activating group) is 1. The van der Waals surface area contributed by atoms with Crippen molar-refractivity contribution in [3.63, 3.8) is 0 Å². The predicted octanol–water partition coefficient (Wildman–Crippen LogP) is 5.33. The highest BCUT2D eigenvalue weighted by Gasteiger charge is 2.31. The number of benzene rings is 2. The highest BCUT2D eigenvalue weighted by molar-refractivity contribution is 7.90. The van der Waals surface area contributed by atoms with Crippen molar-refractivity contribution in [2.75, 3.05) is 14.2 Å². The number of amides is 1. The molecule has 0 fully saturated rings. The molecule has 1 atom stereocenters. The lowest BCUT2D eigenvalue weighted by atomic mass is 10.0. The first-order valence-corrected chi connectivity index (χ1v) is 14.3. The fourth-order valence-corrected chi connectivity index (χ4v) is 5.42. The van der Waals surface area contributed by atoms with Crippen LogP contribution in [0.3, 0.4) is 0 Å². The number of carbonyl (C=O) groups excluding carboxylic acids is 2. The molecule has 0 N–H and O–H groups in total. The maximum atomic E-state index is 13.3. The zero-order valence-electron chi connectivity index (χ0n) is 23.8. The van der Waals surface area contributed by atoms with Gasteiger partial charge in [-0.25, -0.2) is 27.0 Å². The molecule has 0 bridgehead atoms. The number of aromatic nitrogens is 2.